The lowest BCUT2D eigenvalue weighted by Crippen LogP contribution is -2.43. The molecule has 7 heteroatoms. The van der Waals surface area contributed by atoms with Crippen LogP contribution in [0.15, 0.2) is 60.6 Å². The molecule has 162 valence electrons. The first-order valence-electron chi connectivity index (χ1n) is 10.3. The lowest BCUT2D eigenvalue weighted by atomic mass is 9.80. The minimum Gasteiger partial charge on any atom is -0.493 e. The van der Waals surface area contributed by atoms with Crippen molar-refractivity contribution >= 4 is 11.8 Å². The Morgan fingerprint density at radius 3 is 2.61 bits per heavy atom. The lowest BCUT2D eigenvalue weighted by Gasteiger charge is -2.36. The summed E-state index contributed by atoms with van der Waals surface area (Å²) >= 11 is 0. The van der Waals surface area contributed by atoms with E-state index < -0.39 is 24.0 Å². The van der Waals surface area contributed by atoms with Gasteiger partial charge in [-0.15, -0.1) is 0 Å². The van der Waals surface area contributed by atoms with Crippen LogP contribution in [-0.4, -0.2) is 30.6 Å². The van der Waals surface area contributed by atoms with E-state index in [2.05, 4.69) is 0 Å². The van der Waals surface area contributed by atoms with Gasteiger partial charge in [-0.25, -0.2) is 9.18 Å². The number of carbonyl (C=O) groups excluding carboxylic acids is 2. The van der Waals surface area contributed by atoms with Gasteiger partial charge in [0.2, 0.25) is 11.5 Å². The van der Waals surface area contributed by atoms with Gasteiger partial charge >= 0.3 is 5.97 Å². The fraction of sp³-hybridized carbons (Fsp3) is 0.333. The predicted molar refractivity (Wildman–Crippen MR) is 109 cm³/mol. The maximum absolute atomic E-state index is 13.8. The third kappa shape index (κ3) is 4.55. The summed E-state index contributed by atoms with van der Waals surface area (Å²) in [5.41, 5.74) is -0.103. The Hall–Kier alpha value is -3.35. The highest BCUT2D eigenvalue weighted by atomic mass is 19.1. The van der Waals surface area contributed by atoms with Crippen molar-refractivity contribution < 1.29 is 32.9 Å². The molecule has 0 N–H and O–H groups in total. The molecule has 3 unspecified atom stereocenters. The molecule has 0 amide bonds. The predicted octanol–water partition coefficient (Wildman–Crippen LogP) is 4.44. The molecule has 0 bridgehead atoms. The maximum Gasteiger partial charge on any atom is 0.341 e. The molecule has 6 nitrogen and oxygen atoms in total. The fourth-order valence-corrected chi connectivity index (χ4v) is 3.88. The van der Waals surface area contributed by atoms with E-state index in [1.54, 1.807) is 24.3 Å². The van der Waals surface area contributed by atoms with Crippen molar-refractivity contribution in [1.82, 2.24) is 0 Å². The fourth-order valence-electron chi connectivity index (χ4n) is 3.88. The van der Waals surface area contributed by atoms with Gasteiger partial charge in [-0.1, -0.05) is 24.3 Å². The number of ketones is 1. The van der Waals surface area contributed by atoms with Crippen molar-refractivity contribution in [1.29, 1.82) is 0 Å². The molecular formula is C24H23FO6. The lowest BCUT2D eigenvalue weighted by molar-refractivity contribution is -0.132. The summed E-state index contributed by atoms with van der Waals surface area (Å²) in [6, 6.07) is 12.8. The average molecular weight is 426 g/mol. The number of carbonyl (C=O) groups is 2. The van der Waals surface area contributed by atoms with Gasteiger partial charge in [-0.05, 0) is 44.0 Å². The maximum atomic E-state index is 13.8. The molecule has 2 aliphatic rings. The molecule has 0 spiro atoms. The quantitative estimate of drug-likeness (QED) is 0.636. The molecule has 0 radical (unpaired) electrons. The van der Waals surface area contributed by atoms with Gasteiger partial charge in [-0.3, -0.25) is 4.79 Å². The summed E-state index contributed by atoms with van der Waals surface area (Å²) in [6.45, 7) is 2.34. The van der Waals surface area contributed by atoms with Gasteiger partial charge < -0.3 is 18.9 Å². The second-order valence-electron chi connectivity index (χ2n) is 7.43. The molecule has 1 saturated carbocycles. The summed E-state index contributed by atoms with van der Waals surface area (Å²) in [6.07, 6.45) is 1.76. The Bertz CT molecular complexity index is 1000. The Balaban J connectivity index is 1.41. The van der Waals surface area contributed by atoms with Gasteiger partial charge in [0, 0.05) is 6.42 Å². The molecule has 1 fully saturated rings. The highest BCUT2D eigenvalue weighted by Gasteiger charge is 2.42. The van der Waals surface area contributed by atoms with Crippen LogP contribution in [0.4, 0.5) is 4.39 Å². The number of halogens is 1. The van der Waals surface area contributed by atoms with Gasteiger partial charge in [-0.2, -0.15) is 0 Å². The van der Waals surface area contributed by atoms with Gasteiger partial charge in [0.1, 0.15) is 24.3 Å². The number of ether oxygens (including phenoxy) is 4. The third-order valence-electron chi connectivity index (χ3n) is 5.41. The Kier molecular flexibility index (Phi) is 6.21. The number of benzene rings is 2. The van der Waals surface area contributed by atoms with E-state index in [0.717, 1.165) is 0 Å². The van der Waals surface area contributed by atoms with Gasteiger partial charge in [0.15, 0.2) is 11.5 Å². The number of allylic oxidation sites excluding steroid dienone is 1. The van der Waals surface area contributed by atoms with Crippen molar-refractivity contribution in [3.63, 3.8) is 0 Å². The summed E-state index contributed by atoms with van der Waals surface area (Å²) in [5.74, 6) is -0.763. The molecular weight excluding hydrogens is 403 g/mol. The third-order valence-corrected chi connectivity index (χ3v) is 5.41. The monoisotopic (exact) mass is 426 g/mol. The van der Waals surface area contributed by atoms with Crippen LogP contribution in [0.2, 0.25) is 0 Å². The zero-order valence-electron chi connectivity index (χ0n) is 17.1. The number of rotatable bonds is 6. The second-order valence-corrected chi connectivity index (χ2v) is 7.43. The second kappa shape index (κ2) is 9.20. The molecule has 31 heavy (non-hydrogen) atoms. The van der Waals surface area contributed by atoms with Crippen LogP contribution in [0.1, 0.15) is 36.5 Å². The van der Waals surface area contributed by atoms with E-state index in [0.29, 0.717) is 37.4 Å². The summed E-state index contributed by atoms with van der Waals surface area (Å²) < 4.78 is 36.4. The van der Waals surface area contributed by atoms with Crippen LogP contribution in [0, 0.1) is 11.7 Å². The van der Waals surface area contributed by atoms with E-state index in [9.17, 15) is 14.0 Å². The van der Waals surface area contributed by atoms with E-state index in [1.807, 2.05) is 13.0 Å². The molecule has 2 aromatic rings. The highest BCUT2D eigenvalue weighted by Crippen LogP contribution is 2.37. The molecule has 3 atom stereocenters. The minimum atomic E-state index is -0.712. The molecule has 1 aliphatic heterocycles. The van der Waals surface area contributed by atoms with Crippen molar-refractivity contribution in [3.05, 3.63) is 71.9 Å². The molecule has 1 aliphatic carbocycles. The van der Waals surface area contributed by atoms with Crippen LogP contribution < -0.4 is 9.47 Å². The van der Waals surface area contributed by atoms with E-state index in [1.165, 1.54) is 24.5 Å². The summed E-state index contributed by atoms with van der Waals surface area (Å²) in [4.78, 5) is 25.2. The minimum absolute atomic E-state index is 0.103. The summed E-state index contributed by atoms with van der Waals surface area (Å²) in [5, 5.41) is 0. The normalized spacial score (nSPS) is 22.6. The van der Waals surface area contributed by atoms with Crippen LogP contribution >= 0.6 is 0 Å². The van der Waals surface area contributed by atoms with Gasteiger partial charge in [0.25, 0.3) is 0 Å². The van der Waals surface area contributed by atoms with Crippen LogP contribution in [-0.2, 0) is 14.3 Å². The smallest absolute Gasteiger partial charge is 0.341 e. The zero-order valence-corrected chi connectivity index (χ0v) is 17.1. The van der Waals surface area contributed by atoms with Crippen molar-refractivity contribution in [2.75, 3.05) is 6.61 Å². The number of esters is 1. The molecule has 0 saturated heterocycles. The number of fused-ring (bicyclic) bond motifs is 1. The van der Waals surface area contributed by atoms with Crippen molar-refractivity contribution in [2.45, 2.75) is 38.4 Å². The van der Waals surface area contributed by atoms with Gasteiger partial charge in [0.05, 0.1) is 18.1 Å². The first kappa shape index (κ1) is 20.9. The Morgan fingerprint density at radius 1 is 1.10 bits per heavy atom. The number of para-hydroxylation sites is 2. The van der Waals surface area contributed by atoms with Crippen molar-refractivity contribution in [3.8, 4) is 11.5 Å². The van der Waals surface area contributed by atoms with Crippen LogP contribution in [0.25, 0.3) is 0 Å². The summed E-state index contributed by atoms with van der Waals surface area (Å²) in [7, 11) is 0. The number of Topliss-reactive ketones (excluding diaryl/α,β-unsaturated/α-hetero) is 1. The standard InChI is InChI=1S/C24H23FO6/c1-2-28-19-9-5-6-10-20(19)31-22-14-29-21-13-15(11-12-17(21)23(22)26)30-24(27)16-7-3-4-8-18(16)25/h3-10,14-15,17,21H,2,11-13H2,1H3. The van der Waals surface area contributed by atoms with Crippen LogP contribution in [0.3, 0.4) is 0 Å². The Labute approximate surface area is 179 Å². The van der Waals surface area contributed by atoms with E-state index in [4.69, 9.17) is 18.9 Å². The first-order chi connectivity index (χ1) is 15.1. The van der Waals surface area contributed by atoms with Crippen molar-refractivity contribution in [2.24, 2.45) is 5.92 Å². The number of hydrogen-bond acceptors (Lipinski definition) is 6. The molecule has 2 aromatic carbocycles. The molecule has 4 rings (SSSR count). The topological polar surface area (TPSA) is 71.1 Å². The molecule has 0 aromatic heterocycles. The largest absolute Gasteiger partial charge is 0.493 e. The Morgan fingerprint density at radius 2 is 1.84 bits per heavy atom. The molecule has 1 heterocycles. The van der Waals surface area contributed by atoms with E-state index >= 15 is 0 Å². The van der Waals surface area contributed by atoms with Crippen LogP contribution in [0.5, 0.6) is 11.5 Å². The highest BCUT2D eigenvalue weighted by molar-refractivity contribution is 5.96. The number of hydrogen-bond donors (Lipinski definition) is 0. The van der Waals surface area contributed by atoms with E-state index in [-0.39, 0.29) is 23.0 Å². The zero-order chi connectivity index (χ0) is 21.8. The first-order valence-corrected chi connectivity index (χ1v) is 10.3. The average Bonchev–Trinajstić information content (AvgIpc) is 2.77. The SMILES string of the molecule is CCOc1ccccc1OC1=COC2CC(OC(=O)c3ccccc3F)CCC2C1=O.